The van der Waals surface area contributed by atoms with Gasteiger partial charge < -0.3 is 83.1 Å². The van der Waals surface area contributed by atoms with Gasteiger partial charge in [0.2, 0.25) is 0 Å². The first-order valence-corrected chi connectivity index (χ1v) is 25.2. The molecule has 9 aliphatic rings. The number of hydrogen-bond donors (Lipinski definition) is 7. The van der Waals surface area contributed by atoms with E-state index in [9.17, 15) is 45.3 Å². The molecule has 7 N–H and O–H groups in total. The standard InChI is InChI=1S/C49H76O19/c1-22-43(66-38-18-33(53)44(23(2)61-38)67-39-19-34(63-25(4)51)45(24(3)62-39)68-46-42(57)41(56)40(55)35(20-50)65-46)32(52)17-37(60-22)64-28-9-12-47(5)27(16-28)7-8-31-30(47)10-13-48(6)29(11-14-49(31,48)58)26-15-36(54)59-21-26/h15,22-24,27-35,37-46,50,52-53,55-58H,7-14,16-21H2,1-6H3/t22-,23-,24-,27?,28+,29-,30+,31?,32+,33+,34+,35-,37+,38+,39+,40-,41+,42-,43-,44-,45-,46-,47+,48-,49+/m1/s1. The summed E-state index contributed by atoms with van der Waals surface area (Å²) < 4.78 is 60.2. The van der Waals surface area contributed by atoms with Gasteiger partial charge in [-0.25, -0.2) is 4.79 Å². The number of carbonyl (C=O) groups is 2. The maximum absolute atomic E-state index is 12.6. The van der Waals surface area contributed by atoms with Crippen molar-refractivity contribution in [3.8, 4) is 0 Å². The summed E-state index contributed by atoms with van der Waals surface area (Å²) in [6, 6.07) is 0. The lowest BCUT2D eigenvalue weighted by Gasteiger charge is -2.64. The van der Waals surface area contributed by atoms with Crippen molar-refractivity contribution in [3.63, 3.8) is 0 Å². The van der Waals surface area contributed by atoms with Crippen LogP contribution in [0.15, 0.2) is 11.6 Å². The van der Waals surface area contributed by atoms with E-state index < -0.39 is 123 Å². The SMILES string of the molecule is CC(=O)O[C@H]1C[C@H](O[C@H]2[C@@H](O)C[C@H](O[C@H]3[C@@H](O)C[C@H](O[C@H]4CC[C@@]5(C)C(CCC6[C@@H]5CC[C@]5(C)[C@@H](C7=CC(=O)OC7)CC[C@]65O)C4)O[C@@H]3C)O[C@@H]2C)O[C@H](C)[C@H]1O[C@H]1O[C@H](CO)[C@@H](O)[C@H](O)[C@H]1O. The fourth-order valence-corrected chi connectivity index (χ4v) is 14.6. The second-order valence-electron chi connectivity index (χ2n) is 22.1. The van der Waals surface area contributed by atoms with Gasteiger partial charge >= 0.3 is 11.9 Å². The molecule has 8 fully saturated rings. The van der Waals surface area contributed by atoms with Gasteiger partial charge in [0.1, 0.15) is 55.4 Å². The third-order valence-electron chi connectivity index (χ3n) is 18.3. The zero-order valence-corrected chi connectivity index (χ0v) is 40.2. The molecule has 4 aliphatic carbocycles. The Morgan fingerprint density at radius 3 is 1.94 bits per heavy atom. The Morgan fingerprint density at radius 1 is 0.706 bits per heavy atom. The fraction of sp³-hybridized carbons (Fsp3) is 0.918. The number of cyclic esters (lactones) is 1. The van der Waals surface area contributed by atoms with Crippen molar-refractivity contribution >= 4 is 11.9 Å². The van der Waals surface area contributed by atoms with Crippen LogP contribution in [-0.2, 0) is 57.0 Å². The molecule has 0 aromatic rings. The molecular formula is C49H76O19. The van der Waals surface area contributed by atoms with Crippen molar-refractivity contribution in [3.05, 3.63) is 11.6 Å². The quantitative estimate of drug-likeness (QED) is 0.115. The molecule has 0 spiro atoms. The first-order valence-electron chi connectivity index (χ1n) is 25.2. The van der Waals surface area contributed by atoms with E-state index in [1.54, 1.807) is 19.9 Å². The van der Waals surface area contributed by atoms with Crippen LogP contribution in [0.4, 0.5) is 0 Å². The van der Waals surface area contributed by atoms with Crippen LogP contribution >= 0.6 is 0 Å². The van der Waals surface area contributed by atoms with Crippen LogP contribution in [0.3, 0.4) is 0 Å². The van der Waals surface area contributed by atoms with Crippen LogP contribution in [-0.4, -0.2) is 177 Å². The lowest BCUT2D eigenvalue weighted by Crippen LogP contribution is -2.62. The third kappa shape index (κ3) is 9.36. The topological polar surface area (TPSA) is 268 Å². The van der Waals surface area contributed by atoms with Crippen LogP contribution in [0, 0.1) is 34.5 Å². The Hall–Kier alpha value is -1.92. The van der Waals surface area contributed by atoms with Gasteiger partial charge in [-0.2, -0.15) is 0 Å². The molecule has 5 heterocycles. The van der Waals surface area contributed by atoms with Crippen molar-refractivity contribution in [1.29, 1.82) is 0 Å². The lowest BCUT2D eigenvalue weighted by molar-refractivity contribution is -0.355. The summed E-state index contributed by atoms with van der Waals surface area (Å²) in [4.78, 5) is 24.2. The number of fused-ring (bicyclic) bond motifs is 5. The molecule has 0 radical (unpaired) electrons. The average molecular weight is 969 g/mol. The lowest BCUT2D eigenvalue weighted by atomic mass is 9.43. The van der Waals surface area contributed by atoms with E-state index in [4.69, 9.17) is 47.4 Å². The van der Waals surface area contributed by atoms with Gasteiger partial charge in [0.25, 0.3) is 0 Å². The van der Waals surface area contributed by atoms with Gasteiger partial charge in [0.05, 0.1) is 48.8 Å². The molecule has 5 aliphatic heterocycles. The maximum atomic E-state index is 12.6. The molecule has 0 aromatic carbocycles. The van der Waals surface area contributed by atoms with Gasteiger partial charge in [0.15, 0.2) is 25.2 Å². The van der Waals surface area contributed by atoms with E-state index in [0.29, 0.717) is 18.4 Å². The molecule has 4 saturated carbocycles. The van der Waals surface area contributed by atoms with Gasteiger partial charge in [-0.1, -0.05) is 13.8 Å². The Morgan fingerprint density at radius 2 is 1.34 bits per heavy atom. The summed E-state index contributed by atoms with van der Waals surface area (Å²) in [5, 5.41) is 76.1. The summed E-state index contributed by atoms with van der Waals surface area (Å²) in [6.07, 6.45) is -7.65. The number of rotatable bonds is 11. The third-order valence-corrected chi connectivity index (χ3v) is 18.3. The van der Waals surface area contributed by atoms with Crippen molar-refractivity contribution < 1.29 is 92.7 Å². The second kappa shape index (κ2) is 19.8. The van der Waals surface area contributed by atoms with Crippen molar-refractivity contribution in [1.82, 2.24) is 0 Å². The molecule has 386 valence electrons. The molecule has 0 aromatic heterocycles. The predicted molar refractivity (Wildman–Crippen MR) is 233 cm³/mol. The minimum absolute atomic E-state index is 0.0126. The summed E-state index contributed by atoms with van der Waals surface area (Å²) in [7, 11) is 0. The van der Waals surface area contributed by atoms with E-state index in [2.05, 4.69) is 13.8 Å². The van der Waals surface area contributed by atoms with Crippen LogP contribution in [0.1, 0.15) is 119 Å². The van der Waals surface area contributed by atoms with E-state index >= 15 is 0 Å². The van der Waals surface area contributed by atoms with Crippen molar-refractivity contribution in [2.75, 3.05) is 13.2 Å². The first-order chi connectivity index (χ1) is 32.2. The van der Waals surface area contributed by atoms with Gasteiger partial charge in [0, 0.05) is 37.7 Å². The molecule has 9 rings (SSSR count). The minimum atomic E-state index is -1.68. The fourth-order valence-electron chi connectivity index (χ4n) is 14.6. The molecule has 0 bridgehead atoms. The van der Waals surface area contributed by atoms with E-state index in [1.165, 1.54) is 6.92 Å². The predicted octanol–water partition coefficient (Wildman–Crippen LogP) is 1.64. The van der Waals surface area contributed by atoms with Crippen molar-refractivity contribution in [2.24, 2.45) is 34.5 Å². The number of aliphatic hydroxyl groups excluding tert-OH is 6. The molecule has 0 amide bonds. The number of hydrogen-bond acceptors (Lipinski definition) is 19. The highest BCUT2D eigenvalue weighted by atomic mass is 16.8. The molecule has 4 saturated heterocycles. The summed E-state index contributed by atoms with van der Waals surface area (Å²) >= 11 is 0. The molecular weight excluding hydrogens is 893 g/mol. The van der Waals surface area contributed by atoms with Crippen LogP contribution in [0.2, 0.25) is 0 Å². The number of aliphatic hydroxyl groups is 7. The van der Waals surface area contributed by atoms with Gasteiger partial charge in [-0.05, 0) is 113 Å². The molecule has 19 heteroatoms. The average Bonchev–Trinajstić information content (AvgIpc) is 3.83. The van der Waals surface area contributed by atoms with Gasteiger partial charge in [-0.3, -0.25) is 4.79 Å². The summed E-state index contributed by atoms with van der Waals surface area (Å²) in [5.41, 5.74) is 0.0925. The Kier molecular flexibility index (Phi) is 14.9. The Labute approximate surface area is 398 Å². The Bertz CT molecular complexity index is 1810. The Balaban J connectivity index is 0.746. The highest BCUT2D eigenvalue weighted by Crippen LogP contribution is 2.70. The van der Waals surface area contributed by atoms with Crippen molar-refractivity contribution in [2.45, 2.75) is 235 Å². The summed E-state index contributed by atoms with van der Waals surface area (Å²) in [5.74, 6) is 0.357. The highest BCUT2D eigenvalue weighted by Gasteiger charge is 2.68. The smallest absolute Gasteiger partial charge is 0.331 e. The van der Waals surface area contributed by atoms with E-state index in [1.807, 2.05) is 6.92 Å². The van der Waals surface area contributed by atoms with E-state index in [0.717, 1.165) is 63.4 Å². The summed E-state index contributed by atoms with van der Waals surface area (Å²) in [6.45, 7) is 10.8. The van der Waals surface area contributed by atoms with Gasteiger partial charge in [-0.15, -0.1) is 0 Å². The zero-order valence-electron chi connectivity index (χ0n) is 40.2. The monoisotopic (exact) mass is 968 g/mol. The first kappa shape index (κ1) is 51.0. The van der Waals surface area contributed by atoms with Crippen LogP contribution in [0.25, 0.3) is 0 Å². The number of carbonyl (C=O) groups excluding carboxylic acids is 2. The largest absolute Gasteiger partial charge is 0.459 e. The molecule has 19 nitrogen and oxygen atoms in total. The normalized spacial score (nSPS) is 52.8. The molecule has 2 unspecified atom stereocenters. The van der Waals surface area contributed by atoms with E-state index in [-0.39, 0.29) is 54.0 Å². The van der Waals surface area contributed by atoms with Crippen LogP contribution in [0.5, 0.6) is 0 Å². The molecule has 25 atom stereocenters. The maximum Gasteiger partial charge on any atom is 0.331 e. The zero-order chi connectivity index (χ0) is 48.6. The van der Waals surface area contributed by atoms with Crippen LogP contribution < -0.4 is 0 Å². The number of esters is 2. The minimum Gasteiger partial charge on any atom is -0.459 e. The molecule has 68 heavy (non-hydrogen) atoms. The second-order valence-corrected chi connectivity index (χ2v) is 22.1. The number of ether oxygens (including phenoxy) is 10. The highest BCUT2D eigenvalue weighted by molar-refractivity contribution is 5.85.